The molecule has 0 aromatic rings. The van der Waals surface area contributed by atoms with Gasteiger partial charge in [0.2, 0.25) is 0 Å². The van der Waals surface area contributed by atoms with Gasteiger partial charge in [0.05, 0.1) is 0 Å². The summed E-state index contributed by atoms with van der Waals surface area (Å²) in [5.74, 6) is 1.30. The summed E-state index contributed by atoms with van der Waals surface area (Å²) in [5, 5.41) is 0. The van der Waals surface area contributed by atoms with Crippen LogP contribution in [0.1, 0.15) is 40.0 Å². The standard InChI is InChI=1S/C16H26/c1-6-8-9-10-11-16(15(5)7-2)13-12-14(3)4/h6-9,12,15-16H,1-2,10-11,13H2,3-5H3. The van der Waals surface area contributed by atoms with E-state index in [1.807, 2.05) is 12.2 Å². The van der Waals surface area contributed by atoms with Crippen LogP contribution in [0.2, 0.25) is 0 Å². The van der Waals surface area contributed by atoms with Crippen LogP contribution in [-0.4, -0.2) is 0 Å². The Labute approximate surface area is 101 Å². The quantitative estimate of drug-likeness (QED) is 0.383. The van der Waals surface area contributed by atoms with Crippen LogP contribution in [0.15, 0.2) is 49.1 Å². The highest BCUT2D eigenvalue weighted by molar-refractivity contribution is 4.99. The molecule has 0 radical (unpaired) electrons. The van der Waals surface area contributed by atoms with Gasteiger partial charge in [-0.1, -0.05) is 49.5 Å². The summed E-state index contributed by atoms with van der Waals surface area (Å²) in [5.41, 5.74) is 1.41. The van der Waals surface area contributed by atoms with Crippen LogP contribution in [-0.2, 0) is 0 Å². The van der Waals surface area contributed by atoms with Gasteiger partial charge in [0.15, 0.2) is 0 Å². The van der Waals surface area contributed by atoms with Crippen LogP contribution in [0, 0.1) is 11.8 Å². The lowest BCUT2D eigenvalue weighted by molar-refractivity contribution is 0.398. The van der Waals surface area contributed by atoms with E-state index in [0.717, 1.165) is 12.8 Å². The fourth-order valence-electron chi connectivity index (χ4n) is 1.68. The molecular formula is C16H26. The van der Waals surface area contributed by atoms with Crippen molar-refractivity contribution < 1.29 is 0 Å². The summed E-state index contributed by atoms with van der Waals surface area (Å²) in [4.78, 5) is 0. The second-order valence-corrected chi connectivity index (χ2v) is 4.61. The molecule has 0 aliphatic carbocycles. The molecule has 0 aromatic heterocycles. The minimum absolute atomic E-state index is 0.590. The zero-order chi connectivity index (χ0) is 12.4. The van der Waals surface area contributed by atoms with Gasteiger partial charge in [-0.3, -0.25) is 0 Å². The molecule has 0 aliphatic heterocycles. The van der Waals surface area contributed by atoms with Crippen LogP contribution < -0.4 is 0 Å². The van der Waals surface area contributed by atoms with Crippen molar-refractivity contribution in [1.82, 2.24) is 0 Å². The molecule has 0 nitrogen and oxygen atoms in total. The van der Waals surface area contributed by atoms with Crippen molar-refractivity contribution >= 4 is 0 Å². The summed E-state index contributed by atoms with van der Waals surface area (Å²) in [7, 11) is 0. The van der Waals surface area contributed by atoms with Crippen molar-refractivity contribution in [2.45, 2.75) is 40.0 Å². The summed E-state index contributed by atoms with van der Waals surface area (Å²) < 4.78 is 0. The van der Waals surface area contributed by atoms with E-state index < -0.39 is 0 Å². The molecule has 16 heavy (non-hydrogen) atoms. The monoisotopic (exact) mass is 218 g/mol. The van der Waals surface area contributed by atoms with Crippen molar-refractivity contribution in [3.05, 3.63) is 49.1 Å². The molecule has 2 atom stereocenters. The summed E-state index contributed by atoms with van der Waals surface area (Å²) in [6.45, 7) is 14.2. The molecule has 90 valence electrons. The number of hydrogen-bond acceptors (Lipinski definition) is 0. The summed E-state index contributed by atoms with van der Waals surface area (Å²) >= 11 is 0. The first kappa shape index (κ1) is 15.0. The Hall–Kier alpha value is -1.04. The maximum Gasteiger partial charge on any atom is -0.0233 e. The van der Waals surface area contributed by atoms with Gasteiger partial charge in [-0.25, -0.2) is 0 Å². The molecule has 0 rings (SSSR count). The second-order valence-electron chi connectivity index (χ2n) is 4.61. The van der Waals surface area contributed by atoms with E-state index in [4.69, 9.17) is 0 Å². The molecule has 0 aliphatic rings. The first-order valence-corrected chi connectivity index (χ1v) is 6.15. The van der Waals surface area contributed by atoms with Crippen molar-refractivity contribution in [1.29, 1.82) is 0 Å². The summed E-state index contributed by atoms with van der Waals surface area (Å²) in [6, 6.07) is 0. The first-order valence-electron chi connectivity index (χ1n) is 6.15. The lowest BCUT2D eigenvalue weighted by atomic mass is 9.86. The first-order chi connectivity index (χ1) is 7.61. The Bertz CT molecular complexity index is 251. The van der Waals surface area contributed by atoms with Gasteiger partial charge in [-0.15, -0.1) is 6.58 Å². The van der Waals surface area contributed by atoms with E-state index in [9.17, 15) is 0 Å². The fraction of sp³-hybridized carbons (Fsp3) is 0.500. The van der Waals surface area contributed by atoms with Gasteiger partial charge in [0.25, 0.3) is 0 Å². The van der Waals surface area contributed by atoms with Crippen LogP contribution in [0.5, 0.6) is 0 Å². The Morgan fingerprint density at radius 2 is 1.94 bits per heavy atom. The highest BCUT2D eigenvalue weighted by atomic mass is 14.2. The molecule has 0 heterocycles. The second kappa shape index (κ2) is 9.21. The Morgan fingerprint density at radius 1 is 1.25 bits per heavy atom. The maximum absolute atomic E-state index is 3.90. The Morgan fingerprint density at radius 3 is 2.44 bits per heavy atom. The van der Waals surface area contributed by atoms with Gasteiger partial charge in [0.1, 0.15) is 0 Å². The van der Waals surface area contributed by atoms with E-state index in [-0.39, 0.29) is 0 Å². The van der Waals surface area contributed by atoms with Crippen LogP contribution in [0.25, 0.3) is 0 Å². The maximum atomic E-state index is 3.90. The lowest BCUT2D eigenvalue weighted by Crippen LogP contribution is -2.08. The van der Waals surface area contributed by atoms with Gasteiger partial charge in [-0.05, 0) is 44.9 Å². The minimum atomic E-state index is 0.590. The van der Waals surface area contributed by atoms with E-state index in [1.54, 1.807) is 0 Å². The minimum Gasteiger partial charge on any atom is -0.103 e. The topological polar surface area (TPSA) is 0 Å². The third-order valence-corrected chi connectivity index (χ3v) is 2.92. The third kappa shape index (κ3) is 7.28. The van der Waals surface area contributed by atoms with Crippen molar-refractivity contribution in [2.75, 3.05) is 0 Å². The molecule has 2 unspecified atom stereocenters. The molecule has 0 bridgehead atoms. The molecule has 0 aromatic carbocycles. The highest BCUT2D eigenvalue weighted by Gasteiger charge is 2.12. The van der Waals surface area contributed by atoms with Crippen molar-refractivity contribution in [3.8, 4) is 0 Å². The average Bonchev–Trinajstić information content (AvgIpc) is 2.27. The Balaban J connectivity index is 4.20. The number of rotatable bonds is 8. The molecule has 0 N–H and O–H groups in total. The Kier molecular flexibility index (Phi) is 8.61. The average molecular weight is 218 g/mol. The highest BCUT2D eigenvalue weighted by Crippen LogP contribution is 2.23. The summed E-state index contributed by atoms with van der Waals surface area (Å²) in [6.07, 6.45) is 14.0. The smallest absolute Gasteiger partial charge is 0.0233 e. The predicted molar refractivity (Wildman–Crippen MR) is 75.5 cm³/mol. The molecule has 0 saturated heterocycles. The van der Waals surface area contributed by atoms with Gasteiger partial charge in [0, 0.05) is 0 Å². The zero-order valence-corrected chi connectivity index (χ0v) is 11.1. The van der Waals surface area contributed by atoms with Crippen molar-refractivity contribution in [3.63, 3.8) is 0 Å². The van der Waals surface area contributed by atoms with Gasteiger partial charge >= 0.3 is 0 Å². The number of hydrogen-bond donors (Lipinski definition) is 0. The number of allylic oxidation sites excluding steroid dienone is 6. The zero-order valence-electron chi connectivity index (χ0n) is 11.1. The molecule has 0 fully saturated rings. The third-order valence-electron chi connectivity index (χ3n) is 2.92. The molecule has 0 saturated carbocycles. The van der Waals surface area contributed by atoms with Crippen molar-refractivity contribution in [2.24, 2.45) is 11.8 Å². The van der Waals surface area contributed by atoms with Crippen LogP contribution in [0.4, 0.5) is 0 Å². The van der Waals surface area contributed by atoms with Gasteiger partial charge in [-0.2, -0.15) is 0 Å². The van der Waals surface area contributed by atoms with E-state index in [1.165, 1.54) is 12.0 Å². The molecular weight excluding hydrogens is 192 g/mol. The van der Waals surface area contributed by atoms with Gasteiger partial charge < -0.3 is 0 Å². The normalized spacial score (nSPS) is 14.4. The predicted octanol–water partition coefficient (Wildman–Crippen LogP) is 5.30. The fourth-order valence-corrected chi connectivity index (χ4v) is 1.68. The van der Waals surface area contributed by atoms with E-state index >= 15 is 0 Å². The lowest BCUT2D eigenvalue weighted by Gasteiger charge is -2.19. The largest absolute Gasteiger partial charge is 0.103 e. The van der Waals surface area contributed by atoms with E-state index in [0.29, 0.717) is 11.8 Å². The molecule has 0 amide bonds. The molecule has 0 heteroatoms. The van der Waals surface area contributed by atoms with Crippen LogP contribution >= 0.6 is 0 Å². The SMILES string of the molecule is C=CC=CCCC(CC=C(C)C)C(C)C=C. The van der Waals surface area contributed by atoms with Crippen LogP contribution in [0.3, 0.4) is 0 Å². The molecule has 0 spiro atoms. The van der Waals surface area contributed by atoms with E-state index in [2.05, 4.69) is 52.2 Å².